The third-order valence-corrected chi connectivity index (χ3v) is 3.62. The van der Waals surface area contributed by atoms with E-state index in [0.29, 0.717) is 17.0 Å². The van der Waals surface area contributed by atoms with Crippen LogP contribution in [0.15, 0.2) is 24.4 Å². The summed E-state index contributed by atoms with van der Waals surface area (Å²) >= 11 is 5.97. The maximum atomic E-state index is 12.2. The van der Waals surface area contributed by atoms with Crippen molar-refractivity contribution in [1.82, 2.24) is 4.98 Å². The maximum absolute atomic E-state index is 12.2. The second-order valence-electron chi connectivity index (χ2n) is 4.65. The predicted octanol–water partition coefficient (Wildman–Crippen LogP) is 3.57. The molecule has 0 saturated carbocycles. The van der Waals surface area contributed by atoms with Crippen molar-refractivity contribution in [2.24, 2.45) is 0 Å². The predicted molar refractivity (Wildman–Crippen MR) is 71.2 cm³/mol. The van der Waals surface area contributed by atoms with Crippen LogP contribution in [0.5, 0.6) is 0 Å². The first-order valence-electron chi connectivity index (χ1n) is 6.15. The van der Waals surface area contributed by atoms with E-state index in [1.165, 1.54) is 0 Å². The summed E-state index contributed by atoms with van der Waals surface area (Å²) in [6, 6.07) is 5.53. The Hall–Kier alpha value is -1.32. The smallest absolute Gasteiger partial charge is 0.167 e. The second kappa shape index (κ2) is 4.75. The average molecular weight is 264 g/mol. The number of benzene rings is 1. The molecule has 4 heteroatoms. The molecule has 3 rings (SSSR count). The van der Waals surface area contributed by atoms with E-state index >= 15 is 0 Å². The number of aromatic nitrogens is 1. The Morgan fingerprint density at radius 2 is 2.39 bits per heavy atom. The molecule has 0 bridgehead atoms. The molecule has 1 fully saturated rings. The van der Waals surface area contributed by atoms with Gasteiger partial charge in [0.25, 0.3) is 0 Å². The minimum absolute atomic E-state index is 0.0848. The van der Waals surface area contributed by atoms with Gasteiger partial charge in [-0.1, -0.05) is 11.6 Å². The van der Waals surface area contributed by atoms with Gasteiger partial charge in [-0.15, -0.1) is 0 Å². The number of ether oxygens (including phenoxy) is 1. The van der Waals surface area contributed by atoms with Crippen LogP contribution in [0.3, 0.4) is 0 Å². The van der Waals surface area contributed by atoms with Gasteiger partial charge in [-0.25, -0.2) is 0 Å². The van der Waals surface area contributed by atoms with Gasteiger partial charge in [0.15, 0.2) is 5.78 Å². The van der Waals surface area contributed by atoms with Crippen molar-refractivity contribution in [1.29, 1.82) is 0 Å². The first kappa shape index (κ1) is 11.8. The van der Waals surface area contributed by atoms with E-state index in [0.717, 1.165) is 30.4 Å². The molecule has 18 heavy (non-hydrogen) atoms. The second-order valence-corrected chi connectivity index (χ2v) is 5.09. The summed E-state index contributed by atoms with van der Waals surface area (Å²) in [6.07, 6.45) is 4.34. The number of carbonyl (C=O) groups excluding carboxylic acids is 1. The Kier molecular flexibility index (Phi) is 3.10. The minimum Gasteiger partial charge on any atom is -0.378 e. The van der Waals surface area contributed by atoms with Gasteiger partial charge in [-0.2, -0.15) is 0 Å². The van der Waals surface area contributed by atoms with E-state index in [1.54, 1.807) is 6.20 Å². The van der Waals surface area contributed by atoms with Crippen molar-refractivity contribution < 1.29 is 9.53 Å². The number of aromatic amines is 1. The van der Waals surface area contributed by atoms with Crippen molar-refractivity contribution in [2.45, 2.75) is 25.4 Å². The molecule has 0 radical (unpaired) electrons. The summed E-state index contributed by atoms with van der Waals surface area (Å²) in [5, 5.41) is 1.54. The van der Waals surface area contributed by atoms with Crippen molar-refractivity contribution >= 4 is 28.3 Å². The summed E-state index contributed by atoms with van der Waals surface area (Å²) < 4.78 is 5.50. The van der Waals surface area contributed by atoms with Crippen LogP contribution >= 0.6 is 11.6 Å². The first-order valence-corrected chi connectivity index (χ1v) is 6.53. The van der Waals surface area contributed by atoms with Crippen molar-refractivity contribution in [3.05, 3.63) is 35.0 Å². The standard InChI is InChI=1S/C14H14ClNO2/c15-9-3-4-13-11(6-9)12(8-16-13)14(17)7-10-2-1-5-18-10/h3-4,6,8,10,16H,1-2,5,7H2. The number of H-pyrrole nitrogens is 1. The van der Waals surface area contributed by atoms with Crippen LogP contribution in [0.1, 0.15) is 29.6 Å². The van der Waals surface area contributed by atoms with E-state index in [1.807, 2.05) is 18.2 Å². The van der Waals surface area contributed by atoms with Gasteiger partial charge in [0.05, 0.1) is 6.10 Å². The Bertz CT molecular complexity index is 584. The Morgan fingerprint density at radius 3 is 3.17 bits per heavy atom. The molecule has 1 aromatic carbocycles. The Morgan fingerprint density at radius 1 is 1.50 bits per heavy atom. The highest BCUT2D eigenvalue weighted by Crippen LogP contribution is 2.25. The summed E-state index contributed by atoms with van der Waals surface area (Å²) in [5.74, 6) is 0.121. The number of hydrogen-bond donors (Lipinski definition) is 1. The van der Waals surface area contributed by atoms with E-state index in [4.69, 9.17) is 16.3 Å². The van der Waals surface area contributed by atoms with Gasteiger partial charge >= 0.3 is 0 Å². The Labute approximate surface area is 110 Å². The van der Waals surface area contributed by atoms with Crippen molar-refractivity contribution in [3.63, 3.8) is 0 Å². The lowest BCUT2D eigenvalue weighted by Gasteiger charge is -2.07. The molecule has 1 saturated heterocycles. The van der Waals surface area contributed by atoms with Crippen molar-refractivity contribution in [3.8, 4) is 0 Å². The molecule has 2 aromatic rings. The number of carbonyl (C=O) groups is 1. The van der Waals surface area contributed by atoms with Crippen LogP contribution in [0.25, 0.3) is 10.9 Å². The molecule has 1 N–H and O–H groups in total. The van der Waals surface area contributed by atoms with Crippen LogP contribution < -0.4 is 0 Å². The third kappa shape index (κ3) is 2.16. The van der Waals surface area contributed by atoms with Crippen LogP contribution in [0, 0.1) is 0 Å². The highest BCUT2D eigenvalue weighted by atomic mass is 35.5. The summed E-state index contributed by atoms with van der Waals surface area (Å²) in [4.78, 5) is 15.3. The van der Waals surface area contributed by atoms with Gasteiger partial charge < -0.3 is 9.72 Å². The molecular formula is C14H14ClNO2. The lowest BCUT2D eigenvalue weighted by Crippen LogP contribution is -2.12. The molecule has 1 unspecified atom stereocenters. The number of Topliss-reactive ketones (excluding diaryl/α,β-unsaturated/α-hetero) is 1. The monoisotopic (exact) mass is 263 g/mol. The number of ketones is 1. The molecular weight excluding hydrogens is 250 g/mol. The van der Waals surface area contributed by atoms with Crippen LogP contribution in [0.4, 0.5) is 0 Å². The largest absolute Gasteiger partial charge is 0.378 e. The lowest BCUT2D eigenvalue weighted by atomic mass is 10.0. The van der Waals surface area contributed by atoms with Gasteiger partial charge in [0, 0.05) is 40.7 Å². The molecule has 0 amide bonds. The molecule has 1 aliphatic rings. The summed E-state index contributed by atoms with van der Waals surface area (Å²) in [6.45, 7) is 0.775. The third-order valence-electron chi connectivity index (χ3n) is 3.38. The van der Waals surface area contributed by atoms with E-state index in [9.17, 15) is 4.79 Å². The lowest BCUT2D eigenvalue weighted by molar-refractivity contribution is 0.0777. The summed E-state index contributed by atoms with van der Waals surface area (Å²) in [7, 11) is 0. The number of hydrogen-bond acceptors (Lipinski definition) is 2. The number of rotatable bonds is 3. The highest BCUT2D eigenvalue weighted by molar-refractivity contribution is 6.31. The van der Waals surface area contributed by atoms with Gasteiger partial charge in [-0.3, -0.25) is 4.79 Å². The molecule has 1 atom stereocenters. The number of halogens is 1. The molecule has 1 aromatic heterocycles. The average Bonchev–Trinajstić information content (AvgIpc) is 2.97. The quantitative estimate of drug-likeness (QED) is 0.860. The summed E-state index contributed by atoms with van der Waals surface area (Å²) in [5.41, 5.74) is 1.65. The molecule has 2 heterocycles. The number of nitrogens with one attached hydrogen (secondary N) is 1. The SMILES string of the molecule is O=C(CC1CCCO1)c1c[nH]c2ccc(Cl)cc12. The molecule has 94 valence electrons. The first-order chi connectivity index (χ1) is 8.74. The van der Waals surface area contributed by atoms with E-state index in [-0.39, 0.29) is 11.9 Å². The van der Waals surface area contributed by atoms with Gasteiger partial charge in [-0.05, 0) is 31.0 Å². The molecule has 3 nitrogen and oxygen atoms in total. The zero-order valence-electron chi connectivity index (χ0n) is 9.91. The van der Waals surface area contributed by atoms with Crippen molar-refractivity contribution in [2.75, 3.05) is 6.61 Å². The molecule has 1 aliphatic heterocycles. The fourth-order valence-electron chi connectivity index (χ4n) is 2.45. The fourth-order valence-corrected chi connectivity index (χ4v) is 2.62. The minimum atomic E-state index is 0.0848. The number of fused-ring (bicyclic) bond motifs is 1. The Balaban J connectivity index is 1.88. The highest BCUT2D eigenvalue weighted by Gasteiger charge is 2.21. The van der Waals surface area contributed by atoms with E-state index < -0.39 is 0 Å². The van der Waals surface area contributed by atoms with Gasteiger partial charge in [0.1, 0.15) is 0 Å². The van der Waals surface area contributed by atoms with Gasteiger partial charge in [0.2, 0.25) is 0 Å². The van der Waals surface area contributed by atoms with Crippen LogP contribution in [-0.2, 0) is 4.74 Å². The normalized spacial score (nSPS) is 19.5. The molecule has 0 aliphatic carbocycles. The zero-order chi connectivity index (χ0) is 12.5. The van der Waals surface area contributed by atoms with Crippen LogP contribution in [0.2, 0.25) is 5.02 Å². The zero-order valence-corrected chi connectivity index (χ0v) is 10.7. The maximum Gasteiger partial charge on any atom is 0.167 e. The topological polar surface area (TPSA) is 42.1 Å². The fraction of sp³-hybridized carbons (Fsp3) is 0.357. The molecule has 0 spiro atoms. The van der Waals surface area contributed by atoms with Crippen LogP contribution in [-0.4, -0.2) is 23.5 Å². The van der Waals surface area contributed by atoms with E-state index in [2.05, 4.69) is 4.98 Å².